The van der Waals surface area contributed by atoms with Gasteiger partial charge in [-0.15, -0.1) is 0 Å². The van der Waals surface area contributed by atoms with Crippen molar-refractivity contribution in [1.29, 1.82) is 0 Å². The average Bonchev–Trinajstić information content (AvgIpc) is 2.76. The van der Waals surface area contributed by atoms with Crippen LogP contribution in [-0.4, -0.2) is 67.7 Å². The third kappa shape index (κ3) is 18.6. The molecule has 5 heteroatoms. The molecule has 1 heterocycles. The zero-order valence-corrected chi connectivity index (χ0v) is 26.9. The van der Waals surface area contributed by atoms with Gasteiger partial charge in [0.15, 0.2) is 0 Å². The highest BCUT2D eigenvalue weighted by Crippen LogP contribution is 2.29. The first kappa shape index (κ1) is 37.5. The molecule has 0 aliphatic carbocycles. The number of hydrogen-bond acceptors (Lipinski definition) is 4. The molecular formula is C31H67N3O2. The Kier molecular flexibility index (Phi) is 19.4. The van der Waals surface area contributed by atoms with Gasteiger partial charge in [0.25, 0.3) is 0 Å². The van der Waals surface area contributed by atoms with Crippen LogP contribution < -0.4 is 5.73 Å². The van der Waals surface area contributed by atoms with Crippen molar-refractivity contribution in [1.82, 2.24) is 9.80 Å². The first-order valence-corrected chi connectivity index (χ1v) is 14.7. The maximum absolute atomic E-state index is 12.0. The van der Waals surface area contributed by atoms with Crippen molar-refractivity contribution < 1.29 is 9.53 Å². The Morgan fingerprint density at radius 2 is 1.33 bits per heavy atom. The normalized spacial score (nSPS) is 16.9. The third-order valence-corrected chi connectivity index (χ3v) is 7.30. The number of carbonyl (C=O) groups excluding carboxylic acids is 1. The quantitative estimate of drug-likeness (QED) is 0.330. The first-order chi connectivity index (χ1) is 16.4. The van der Waals surface area contributed by atoms with E-state index in [0.29, 0.717) is 18.1 Å². The maximum atomic E-state index is 12.0. The van der Waals surface area contributed by atoms with E-state index < -0.39 is 0 Å². The second kappa shape index (κ2) is 18.6. The van der Waals surface area contributed by atoms with Crippen molar-refractivity contribution in [2.45, 2.75) is 128 Å². The van der Waals surface area contributed by atoms with Gasteiger partial charge < -0.3 is 15.4 Å². The third-order valence-electron chi connectivity index (χ3n) is 7.30. The van der Waals surface area contributed by atoms with Crippen molar-refractivity contribution in [2.75, 3.05) is 45.9 Å². The molecule has 1 rings (SSSR count). The summed E-state index contributed by atoms with van der Waals surface area (Å²) in [6.07, 6.45) is 6.88. The van der Waals surface area contributed by atoms with Crippen molar-refractivity contribution >= 4 is 5.91 Å². The second-order valence-electron chi connectivity index (χ2n) is 13.8. The lowest BCUT2D eigenvalue weighted by molar-refractivity contribution is -0.141. The molecule has 0 aromatic rings. The highest BCUT2D eigenvalue weighted by atomic mass is 16.5. The number of unbranched alkanes of at least 4 members (excludes halogenated alkanes) is 2. The van der Waals surface area contributed by atoms with Crippen LogP contribution in [-0.2, 0) is 9.53 Å². The second-order valence-corrected chi connectivity index (χ2v) is 13.8. The van der Waals surface area contributed by atoms with E-state index in [2.05, 4.69) is 74.1 Å². The van der Waals surface area contributed by atoms with Crippen LogP contribution in [0.5, 0.6) is 0 Å². The summed E-state index contributed by atoms with van der Waals surface area (Å²) in [6, 6.07) is 0. The number of ether oxygens (including phenoxy) is 1. The number of hydrogen-bond donors (Lipinski definition) is 1. The van der Waals surface area contributed by atoms with Crippen LogP contribution >= 0.6 is 0 Å². The van der Waals surface area contributed by atoms with E-state index in [9.17, 15) is 4.79 Å². The summed E-state index contributed by atoms with van der Waals surface area (Å²) in [5.74, 6) is 1.13. The predicted octanol–water partition coefficient (Wildman–Crippen LogP) is 7.23. The molecule has 2 N–H and O–H groups in total. The highest BCUT2D eigenvalue weighted by molar-refractivity contribution is 5.81. The van der Waals surface area contributed by atoms with E-state index >= 15 is 0 Å². The van der Waals surface area contributed by atoms with Crippen molar-refractivity contribution in [3.8, 4) is 0 Å². The summed E-state index contributed by atoms with van der Waals surface area (Å²) in [5.41, 5.74) is 6.04. The van der Waals surface area contributed by atoms with Gasteiger partial charge in [-0.05, 0) is 30.1 Å². The molecule has 218 valence electrons. The van der Waals surface area contributed by atoms with E-state index in [0.717, 1.165) is 45.2 Å². The van der Waals surface area contributed by atoms with E-state index in [1.807, 2.05) is 25.7 Å². The summed E-state index contributed by atoms with van der Waals surface area (Å²) < 4.78 is 5.65. The Bertz CT molecular complexity index is 535. The summed E-state index contributed by atoms with van der Waals surface area (Å²) in [6.45, 7) is 34.6. The molecule has 0 spiro atoms. The predicted molar refractivity (Wildman–Crippen MR) is 159 cm³/mol. The summed E-state index contributed by atoms with van der Waals surface area (Å²) in [4.78, 5) is 16.2. The molecule has 1 saturated heterocycles. The monoisotopic (exact) mass is 514 g/mol. The molecule has 1 aliphatic heterocycles. The minimum absolute atomic E-state index is 0.254. The van der Waals surface area contributed by atoms with E-state index in [4.69, 9.17) is 10.5 Å². The Morgan fingerprint density at radius 1 is 0.833 bits per heavy atom. The van der Waals surface area contributed by atoms with Crippen LogP contribution in [0.25, 0.3) is 0 Å². The summed E-state index contributed by atoms with van der Waals surface area (Å²) in [7, 11) is 0. The molecule has 0 aromatic carbocycles. The van der Waals surface area contributed by atoms with Gasteiger partial charge in [-0.3, -0.25) is 9.69 Å². The average molecular weight is 514 g/mol. The van der Waals surface area contributed by atoms with E-state index in [1.165, 1.54) is 32.1 Å². The van der Waals surface area contributed by atoms with Crippen molar-refractivity contribution in [3.63, 3.8) is 0 Å². The van der Waals surface area contributed by atoms with Gasteiger partial charge in [0, 0.05) is 51.3 Å². The molecule has 1 fully saturated rings. The van der Waals surface area contributed by atoms with Gasteiger partial charge in [-0.1, -0.05) is 109 Å². The Hall–Kier alpha value is -0.650. The fraction of sp³-hybridized carbons (Fsp3) is 0.968. The highest BCUT2D eigenvalue weighted by Gasteiger charge is 2.29. The Balaban J connectivity index is 0. The lowest BCUT2D eigenvalue weighted by Crippen LogP contribution is -2.52. The van der Waals surface area contributed by atoms with Gasteiger partial charge in [-0.2, -0.15) is 0 Å². The largest absolute Gasteiger partial charge is 0.378 e. The van der Waals surface area contributed by atoms with E-state index in [1.54, 1.807) is 0 Å². The number of piperazine rings is 1. The Morgan fingerprint density at radius 3 is 1.69 bits per heavy atom. The molecule has 0 aromatic heterocycles. The smallest absolute Gasteiger partial charge is 0.228 e. The van der Waals surface area contributed by atoms with Crippen molar-refractivity contribution in [3.05, 3.63) is 0 Å². The molecule has 2 atom stereocenters. The number of rotatable bonds is 9. The minimum Gasteiger partial charge on any atom is -0.378 e. The standard InChI is InChI=1S/C11H23N3O.C10H22O.C10H22/c1-11(2,3)10(15)14-8-6-13(5-4-12)7-9-14;1-6-7-8-11-9(2)10(3,4)5;1-6-7-8-9(2)10(3,4)5/h4-9,12H2,1-3H3;9H,6-8H2,1-5H3;9H,6-8H2,1-5H3. The zero-order valence-electron chi connectivity index (χ0n) is 26.9. The van der Waals surface area contributed by atoms with Crippen LogP contribution in [0.3, 0.4) is 0 Å². The topological polar surface area (TPSA) is 58.8 Å². The molecule has 1 aliphatic rings. The van der Waals surface area contributed by atoms with Crippen LogP contribution in [0.15, 0.2) is 0 Å². The van der Waals surface area contributed by atoms with Gasteiger partial charge in [0.2, 0.25) is 5.91 Å². The van der Waals surface area contributed by atoms with E-state index in [-0.39, 0.29) is 16.7 Å². The summed E-state index contributed by atoms with van der Waals surface area (Å²) >= 11 is 0. The fourth-order valence-electron chi connectivity index (χ4n) is 3.43. The van der Waals surface area contributed by atoms with Crippen LogP contribution in [0.4, 0.5) is 0 Å². The van der Waals surface area contributed by atoms with Gasteiger partial charge >= 0.3 is 0 Å². The lowest BCUT2D eigenvalue weighted by Gasteiger charge is -2.37. The Labute approximate surface area is 227 Å². The molecule has 0 saturated carbocycles. The summed E-state index contributed by atoms with van der Waals surface area (Å²) in [5, 5.41) is 0. The molecule has 2 unspecified atom stereocenters. The van der Waals surface area contributed by atoms with Gasteiger partial charge in [-0.25, -0.2) is 0 Å². The molecule has 1 amide bonds. The minimum atomic E-state index is -0.254. The number of nitrogens with two attached hydrogens (primary N) is 1. The van der Waals surface area contributed by atoms with Gasteiger partial charge in [0.1, 0.15) is 0 Å². The number of nitrogens with zero attached hydrogens (tertiary/aromatic N) is 2. The molecule has 5 nitrogen and oxygen atoms in total. The maximum Gasteiger partial charge on any atom is 0.228 e. The molecule has 0 radical (unpaired) electrons. The van der Waals surface area contributed by atoms with Gasteiger partial charge in [0.05, 0.1) is 6.10 Å². The fourth-order valence-corrected chi connectivity index (χ4v) is 3.43. The SMILES string of the molecule is CC(C)(C)C(=O)N1CCN(CCN)CC1.CCCCC(C)C(C)(C)C.CCCCOC(C)C(C)(C)C. The lowest BCUT2D eigenvalue weighted by atomic mass is 9.79. The van der Waals surface area contributed by atoms with Crippen LogP contribution in [0.1, 0.15) is 122 Å². The van der Waals surface area contributed by atoms with Crippen LogP contribution in [0.2, 0.25) is 0 Å². The molecule has 36 heavy (non-hydrogen) atoms. The molecular weight excluding hydrogens is 446 g/mol. The molecule has 0 bridgehead atoms. The van der Waals surface area contributed by atoms with Crippen LogP contribution in [0, 0.1) is 22.2 Å². The first-order valence-electron chi connectivity index (χ1n) is 14.7. The zero-order chi connectivity index (χ0) is 28.6. The van der Waals surface area contributed by atoms with Crippen molar-refractivity contribution in [2.24, 2.45) is 27.9 Å². The number of amides is 1. The number of carbonyl (C=O) groups is 1.